The first-order chi connectivity index (χ1) is 13.0. The molecule has 0 saturated carbocycles. The van der Waals surface area contributed by atoms with Crippen LogP contribution in [0.5, 0.6) is 5.88 Å². The minimum atomic E-state index is -4.46. The van der Waals surface area contributed by atoms with Gasteiger partial charge >= 0.3 is 6.18 Å². The van der Waals surface area contributed by atoms with Crippen LogP contribution in [-0.4, -0.2) is 31.8 Å². The Kier molecular flexibility index (Phi) is 3.98. The molecule has 4 aromatic rings. The summed E-state index contributed by atoms with van der Waals surface area (Å²) in [5.41, 5.74) is 0.275. The Morgan fingerprint density at radius 1 is 1.00 bits per heavy atom. The number of rotatable bonds is 3. The summed E-state index contributed by atoms with van der Waals surface area (Å²) in [5.74, 6) is 1.16. The lowest BCUT2D eigenvalue weighted by molar-refractivity contribution is -0.137. The number of halogens is 3. The fourth-order valence-corrected chi connectivity index (χ4v) is 2.69. The maximum atomic E-state index is 13.1. The molecule has 0 aliphatic rings. The summed E-state index contributed by atoms with van der Waals surface area (Å²) in [7, 11) is 1.46. The molecule has 0 atom stereocenters. The van der Waals surface area contributed by atoms with E-state index in [4.69, 9.17) is 4.74 Å². The predicted molar refractivity (Wildman–Crippen MR) is 91.4 cm³/mol. The van der Waals surface area contributed by atoms with E-state index >= 15 is 0 Å². The molecule has 0 radical (unpaired) electrons. The molecule has 136 valence electrons. The summed E-state index contributed by atoms with van der Waals surface area (Å²) < 4.78 is 45.8. The number of pyridine rings is 1. The van der Waals surface area contributed by atoms with Crippen LogP contribution in [0.4, 0.5) is 13.2 Å². The topological polar surface area (TPSA) is 65.7 Å². The van der Waals surface area contributed by atoms with E-state index in [0.29, 0.717) is 28.7 Å². The molecule has 0 unspecified atom stereocenters. The van der Waals surface area contributed by atoms with Crippen molar-refractivity contribution in [2.24, 2.45) is 0 Å². The highest BCUT2D eigenvalue weighted by atomic mass is 19.4. The molecule has 1 aromatic carbocycles. The standard InChI is InChI=1S/C18H12F3N5O/c1-27-16-8-6-12(24-25-16)17-23-13-10-11(18(19,20)21)5-7-14(13)26(17)15-4-2-3-9-22-15/h2-10H,1H3. The molecular formula is C18H12F3N5O. The summed E-state index contributed by atoms with van der Waals surface area (Å²) in [6.45, 7) is 0. The molecule has 4 rings (SSSR count). The molecule has 0 aliphatic carbocycles. The molecule has 0 amide bonds. The fourth-order valence-electron chi connectivity index (χ4n) is 2.69. The molecule has 3 heterocycles. The van der Waals surface area contributed by atoms with Crippen LogP contribution in [0.2, 0.25) is 0 Å². The fraction of sp³-hybridized carbons (Fsp3) is 0.111. The minimum Gasteiger partial charge on any atom is -0.480 e. The highest BCUT2D eigenvalue weighted by Gasteiger charge is 2.31. The monoisotopic (exact) mass is 371 g/mol. The predicted octanol–water partition coefficient (Wildman–Crippen LogP) is 3.90. The number of nitrogens with zero attached hydrogens (tertiary/aromatic N) is 5. The van der Waals surface area contributed by atoms with Crippen LogP contribution < -0.4 is 4.74 Å². The molecule has 0 saturated heterocycles. The van der Waals surface area contributed by atoms with E-state index in [2.05, 4.69) is 20.2 Å². The summed E-state index contributed by atoms with van der Waals surface area (Å²) in [6.07, 6.45) is -2.86. The first kappa shape index (κ1) is 17.0. The molecular weight excluding hydrogens is 359 g/mol. The average Bonchev–Trinajstić information content (AvgIpc) is 3.06. The Morgan fingerprint density at radius 3 is 2.48 bits per heavy atom. The Bertz CT molecular complexity index is 1090. The molecule has 0 bridgehead atoms. The number of alkyl halides is 3. The average molecular weight is 371 g/mol. The van der Waals surface area contributed by atoms with Crippen LogP contribution in [0.3, 0.4) is 0 Å². The van der Waals surface area contributed by atoms with Gasteiger partial charge in [-0.25, -0.2) is 9.97 Å². The molecule has 0 fully saturated rings. The molecule has 3 aromatic heterocycles. The van der Waals surface area contributed by atoms with Crippen molar-refractivity contribution in [2.45, 2.75) is 6.18 Å². The number of hydrogen-bond acceptors (Lipinski definition) is 5. The third-order valence-corrected chi connectivity index (χ3v) is 3.94. The normalized spacial score (nSPS) is 11.7. The van der Waals surface area contributed by atoms with Crippen LogP contribution in [0.25, 0.3) is 28.4 Å². The number of aromatic nitrogens is 5. The van der Waals surface area contributed by atoms with Gasteiger partial charge in [0.2, 0.25) is 5.88 Å². The van der Waals surface area contributed by atoms with E-state index in [9.17, 15) is 13.2 Å². The third-order valence-electron chi connectivity index (χ3n) is 3.94. The molecule has 6 nitrogen and oxygen atoms in total. The smallest absolute Gasteiger partial charge is 0.416 e. The van der Waals surface area contributed by atoms with E-state index in [1.165, 1.54) is 13.2 Å². The highest BCUT2D eigenvalue weighted by Crippen LogP contribution is 2.33. The Hall–Kier alpha value is -3.49. The van der Waals surface area contributed by atoms with Crippen LogP contribution >= 0.6 is 0 Å². The van der Waals surface area contributed by atoms with Gasteiger partial charge in [0.25, 0.3) is 0 Å². The second kappa shape index (κ2) is 6.35. The summed E-state index contributed by atoms with van der Waals surface area (Å²) >= 11 is 0. The number of benzene rings is 1. The first-order valence-electron chi connectivity index (χ1n) is 7.86. The van der Waals surface area contributed by atoms with Crippen LogP contribution in [-0.2, 0) is 6.18 Å². The molecule has 9 heteroatoms. The Morgan fingerprint density at radius 2 is 1.85 bits per heavy atom. The van der Waals surface area contributed by atoms with Gasteiger partial charge in [0.15, 0.2) is 5.82 Å². The van der Waals surface area contributed by atoms with Gasteiger partial charge in [-0.2, -0.15) is 13.2 Å². The van der Waals surface area contributed by atoms with Crippen LogP contribution in [0.15, 0.2) is 54.7 Å². The van der Waals surface area contributed by atoms with Crippen molar-refractivity contribution in [1.29, 1.82) is 0 Å². The number of methoxy groups -OCH3 is 1. The molecule has 0 spiro atoms. The molecule has 27 heavy (non-hydrogen) atoms. The van der Waals surface area contributed by atoms with Crippen molar-refractivity contribution >= 4 is 11.0 Å². The molecule has 0 aliphatic heterocycles. The lowest BCUT2D eigenvalue weighted by Crippen LogP contribution is -2.04. The SMILES string of the molecule is COc1ccc(-c2nc3cc(C(F)(F)F)ccc3n2-c2ccccn2)nn1. The third kappa shape index (κ3) is 3.07. The van der Waals surface area contributed by atoms with Gasteiger partial charge < -0.3 is 4.74 Å². The van der Waals surface area contributed by atoms with E-state index in [1.807, 2.05) is 0 Å². The second-order valence-corrected chi connectivity index (χ2v) is 5.62. The number of ether oxygens (including phenoxy) is 1. The number of imidazole rings is 1. The van der Waals surface area contributed by atoms with Crippen molar-refractivity contribution in [3.63, 3.8) is 0 Å². The van der Waals surface area contributed by atoms with E-state index in [1.54, 1.807) is 41.1 Å². The minimum absolute atomic E-state index is 0.183. The van der Waals surface area contributed by atoms with Gasteiger partial charge in [-0.3, -0.25) is 4.57 Å². The zero-order chi connectivity index (χ0) is 19.0. The van der Waals surface area contributed by atoms with Gasteiger partial charge in [-0.1, -0.05) is 6.07 Å². The zero-order valence-corrected chi connectivity index (χ0v) is 14.0. The lowest BCUT2D eigenvalue weighted by Gasteiger charge is -2.09. The largest absolute Gasteiger partial charge is 0.480 e. The van der Waals surface area contributed by atoms with Crippen LogP contribution in [0, 0.1) is 0 Å². The van der Waals surface area contributed by atoms with Crippen molar-refractivity contribution in [3.05, 3.63) is 60.3 Å². The van der Waals surface area contributed by atoms with E-state index in [0.717, 1.165) is 12.1 Å². The van der Waals surface area contributed by atoms with E-state index in [-0.39, 0.29) is 5.52 Å². The maximum absolute atomic E-state index is 13.1. The number of fused-ring (bicyclic) bond motifs is 1. The van der Waals surface area contributed by atoms with Gasteiger partial charge in [-0.15, -0.1) is 10.2 Å². The van der Waals surface area contributed by atoms with Gasteiger partial charge in [0.1, 0.15) is 11.5 Å². The number of hydrogen-bond donors (Lipinski definition) is 0. The van der Waals surface area contributed by atoms with Gasteiger partial charge in [-0.05, 0) is 36.4 Å². The summed E-state index contributed by atoms with van der Waals surface area (Å²) in [5, 5.41) is 7.97. The van der Waals surface area contributed by atoms with Crippen molar-refractivity contribution < 1.29 is 17.9 Å². The lowest BCUT2D eigenvalue weighted by atomic mass is 10.2. The Labute approximate surface area is 151 Å². The zero-order valence-electron chi connectivity index (χ0n) is 14.0. The van der Waals surface area contributed by atoms with Crippen LogP contribution in [0.1, 0.15) is 5.56 Å². The maximum Gasteiger partial charge on any atom is 0.416 e. The molecule has 0 N–H and O–H groups in total. The quantitative estimate of drug-likeness (QED) is 0.546. The van der Waals surface area contributed by atoms with Gasteiger partial charge in [0, 0.05) is 12.3 Å². The summed E-state index contributed by atoms with van der Waals surface area (Å²) in [4.78, 5) is 8.66. The summed E-state index contributed by atoms with van der Waals surface area (Å²) in [6, 6.07) is 11.9. The van der Waals surface area contributed by atoms with Gasteiger partial charge in [0.05, 0.1) is 23.7 Å². The van der Waals surface area contributed by atoms with Crippen molar-refractivity contribution in [2.75, 3.05) is 7.11 Å². The van der Waals surface area contributed by atoms with Crippen molar-refractivity contribution in [1.82, 2.24) is 24.7 Å². The van der Waals surface area contributed by atoms with E-state index < -0.39 is 11.7 Å². The Balaban J connectivity index is 1.98. The second-order valence-electron chi connectivity index (χ2n) is 5.62. The first-order valence-corrected chi connectivity index (χ1v) is 7.86. The van der Waals surface area contributed by atoms with Crippen molar-refractivity contribution in [3.8, 4) is 23.2 Å². The highest BCUT2D eigenvalue weighted by molar-refractivity contribution is 5.83.